The van der Waals surface area contributed by atoms with E-state index in [1.54, 1.807) is 12.1 Å². The third-order valence-corrected chi connectivity index (χ3v) is 5.27. The second kappa shape index (κ2) is 7.43. The lowest BCUT2D eigenvalue weighted by atomic mass is 10.1. The van der Waals surface area contributed by atoms with Crippen molar-refractivity contribution < 1.29 is 19.1 Å². The summed E-state index contributed by atoms with van der Waals surface area (Å²) in [4.78, 5) is 37.4. The molecular formula is C18H15NO5S2. The Morgan fingerprint density at radius 3 is 2.88 bits per heavy atom. The molecule has 6 nitrogen and oxygen atoms in total. The van der Waals surface area contributed by atoms with Crippen LogP contribution in [0.2, 0.25) is 0 Å². The molecule has 0 atom stereocenters. The van der Waals surface area contributed by atoms with Gasteiger partial charge in [-0.15, -0.1) is 0 Å². The van der Waals surface area contributed by atoms with Crippen LogP contribution in [0.15, 0.2) is 38.6 Å². The van der Waals surface area contributed by atoms with E-state index < -0.39 is 5.97 Å². The predicted molar refractivity (Wildman–Crippen MR) is 104 cm³/mol. The van der Waals surface area contributed by atoms with E-state index in [9.17, 15) is 14.4 Å². The number of carbonyl (C=O) groups excluding carboxylic acids is 1. The van der Waals surface area contributed by atoms with Crippen LogP contribution in [0.1, 0.15) is 24.0 Å². The fraction of sp³-hybridized carbons (Fsp3) is 0.222. The standard InChI is InChI=1S/C18H15NO5S2/c1-10-4-5-13-12(7-10)16(22)11(9-24-13)8-14-17(23)19(18(25)26-14)6-2-3-15(20)21/h4-5,7-9H,2-3,6H2,1H3,(H,20,21)/b14-8-. The molecule has 1 aromatic heterocycles. The number of nitrogens with zero attached hydrogens (tertiary/aromatic N) is 1. The summed E-state index contributed by atoms with van der Waals surface area (Å²) in [5, 5.41) is 9.16. The van der Waals surface area contributed by atoms with Crippen molar-refractivity contribution in [3.63, 3.8) is 0 Å². The number of hydrogen-bond donors (Lipinski definition) is 1. The quantitative estimate of drug-likeness (QED) is 0.621. The second-order valence-electron chi connectivity index (χ2n) is 5.85. The number of carbonyl (C=O) groups is 2. The number of rotatable bonds is 5. The molecule has 1 fully saturated rings. The summed E-state index contributed by atoms with van der Waals surface area (Å²) < 4.78 is 5.85. The lowest BCUT2D eigenvalue weighted by molar-refractivity contribution is -0.137. The summed E-state index contributed by atoms with van der Waals surface area (Å²) in [5.41, 5.74) is 1.48. The monoisotopic (exact) mass is 389 g/mol. The molecule has 2 heterocycles. The highest BCUT2D eigenvalue weighted by molar-refractivity contribution is 8.26. The highest BCUT2D eigenvalue weighted by Gasteiger charge is 2.31. The molecule has 3 rings (SSSR count). The van der Waals surface area contributed by atoms with Gasteiger partial charge in [0.15, 0.2) is 5.43 Å². The molecule has 1 aromatic carbocycles. The molecule has 1 aliphatic rings. The maximum atomic E-state index is 12.6. The van der Waals surface area contributed by atoms with E-state index in [1.807, 2.05) is 13.0 Å². The van der Waals surface area contributed by atoms with Gasteiger partial charge in [0.25, 0.3) is 5.91 Å². The van der Waals surface area contributed by atoms with Gasteiger partial charge < -0.3 is 9.52 Å². The Bertz CT molecular complexity index is 1010. The molecular weight excluding hydrogens is 374 g/mol. The van der Waals surface area contributed by atoms with E-state index in [-0.39, 0.29) is 29.9 Å². The van der Waals surface area contributed by atoms with Crippen LogP contribution in [-0.4, -0.2) is 32.7 Å². The fourth-order valence-electron chi connectivity index (χ4n) is 2.58. The van der Waals surface area contributed by atoms with Crippen LogP contribution in [0.25, 0.3) is 17.0 Å². The number of carboxylic acids is 1. The van der Waals surface area contributed by atoms with E-state index in [1.165, 1.54) is 17.2 Å². The van der Waals surface area contributed by atoms with Gasteiger partial charge >= 0.3 is 5.97 Å². The average Bonchev–Trinajstić information content (AvgIpc) is 2.85. The first-order chi connectivity index (χ1) is 12.4. The van der Waals surface area contributed by atoms with Crippen molar-refractivity contribution in [2.24, 2.45) is 0 Å². The molecule has 0 aliphatic carbocycles. The van der Waals surface area contributed by atoms with Gasteiger partial charge in [-0.05, 0) is 31.6 Å². The molecule has 0 saturated carbocycles. The largest absolute Gasteiger partial charge is 0.481 e. The third kappa shape index (κ3) is 3.71. The minimum atomic E-state index is -0.921. The molecule has 26 heavy (non-hydrogen) atoms. The van der Waals surface area contributed by atoms with Crippen LogP contribution >= 0.6 is 24.0 Å². The van der Waals surface area contributed by atoms with Gasteiger partial charge in [-0.25, -0.2) is 0 Å². The second-order valence-corrected chi connectivity index (χ2v) is 7.53. The molecule has 1 amide bonds. The number of fused-ring (bicyclic) bond motifs is 1. The van der Waals surface area contributed by atoms with Gasteiger partial charge in [-0.2, -0.15) is 0 Å². The van der Waals surface area contributed by atoms with Crippen molar-refractivity contribution in [1.29, 1.82) is 0 Å². The molecule has 1 N–H and O–H groups in total. The zero-order chi connectivity index (χ0) is 18.8. The van der Waals surface area contributed by atoms with Crippen LogP contribution < -0.4 is 5.43 Å². The molecule has 2 aromatic rings. The summed E-state index contributed by atoms with van der Waals surface area (Å²) >= 11 is 6.29. The Morgan fingerprint density at radius 1 is 1.38 bits per heavy atom. The van der Waals surface area contributed by atoms with Crippen molar-refractivity contribution >= 4 is 57.2 Å². The number of carboxylic acid groups (broad SMARTS) is 1. The summed E-state index contributed by atoms with van der Waals surface area (Å²) in [5.74, 6) is -1.25. The Hall–Kier alpha value is -2.45. The summed E-state index contributed by atoms with van der Waals surface area (Å²) in [6.07, 6.45) is 3.08. The molecule has 134 valence electrons. The molecule has 0 bridgehead atoms. The summed E-state index contributed by atoms with van der Waals surface area (Å²) in [6.45, 7) is 2.12. The molecule has 0 radical (unpaired) electrons. The SMILES string of the molecule is Cc1ccc2occ(/C=C3\SC(=S)N(CCCC(=O)O)C3=O)c(=O)c2c1. The number of thioether (sulfide) groups is 1. The van der Waals surface area contributed by atoms with Gasteiger partial charge in [-0.3, -0.25) is 19.3 Å². The third-order valence-electron chi connectivity index (χ3n) is 3.89. The number of hydrogen-bond acceptors (Lipinski definition) is 6. The zero-order valence-corrected chi connectivity index (χ0v) is 15.5. The topological polar surface area (TPSA) is 87.8 Å². The summed E-state index contributed by atoms with van der Waals surface area (Å²) in [6, 6.07) is 5.33. The smallest absolute Gasteiger partial charge is 0.303 e. The maximum absolute atomic E-state index is 12.6. The minimum absolute atomic E-state index is 0.0380. The van der Waals surface area contributed by atoms with Crippen LogP contribution in [0.5, 0.6) is 0 Å². The van der Waals surface area contributed by atoms with Gasteiger partial charge in [-0.1, -0.05) is 35.6 Å². The first-order valence-corrected chi connectivity index (χ1v) is 9.08. The Labute approximate surface area is 158 Å². The highest BCUT2D eigenvalue weighted by Crippen LogP contribution is 2.32. The van der Waals surface area contributed by atoms with Gasteiger partial charge in [0, 0.05) is 13.0 Å². The highest BCUT2D eigenvalue weighted by atomic mass is 32.2. The molecule has 0 unspecified atom stereocenters. The normalized spacial score (nSPS) is 16.0. The van der Waals surface area contributed by atoms with E-state index in [4.69, 9.17) is 21.7 Å². The van der Waals surface area contributed by atoms with Crippen LogP contribution in [0.4, 0.5) is 0 Å². The maximum Gasteiger partial charge on any atom is 0.303 e. The predicted octanol–water partition coefficient (Wildman–Crippen LogP) is 3.17. The molecule has 1 saturated heterocycles. The number of aliphatic carboxylic acids is 1. The van der Waals surface area contributed by atoms with E-state index in [2.05, 4.69) is 0 Å². The first-order valence-electron chi connectivity index (χ1n) is 7.86. The van der Waals surface area contributed by atoms with Crippen molar-refractivity contribution in [3.05, 3.63) is 50.7 Å². The molecule has 0 spiro atoms. The Balaban J connectivity index is 1.88. The molecule has 1 aliphatic heterocycles. The van der Waals surface area contributed by atoms with Crippen LogP contribution in [0.3, 0.4) is 0 Å². The van der Waals surface area contributed by atoms with Gasteiger partial charge in [0.1, 0.15) is 16.2 Å². The lowest BCUT2D eigenvalue weighted by Gasteiger charge is -2.13. The number of amides is 1. The molecule has 8 heteroatoms. The number of thiocarbonyl (C=S) groups is 1. The van der Waals surface area contributed by atoms with E-state index in [0.29, 0.717) is 26.6 Å². The van der Waals surface area contributed by atoms with Crippen molar-refractivity contribution in [1.82, 2.24) is 4.90 Å². The van der Waals surface area contributed by atoms with Crippen LogP contribution in [-0.2, 0) is 9.59 Å². The van der Waals surface area contributed by atoms with Crippen molar-refractivity contribution in [3.8, 4) is 0 Å². The van der Waals surface area contributed by atoms with E-state index in [0.717, 1.165) is 17.3 Å². The number of benzene rings is 1. The average molecular weight is 389 g/mol. The van der Waals surface area contributed by atoms with Crippen molar-refractivity contribution in [2.75, 3.05) is 6.54 Å². The minimum Gasteiger partial charge on any atom is -0.481 e. The Kier molecular flexibility index (Phi) is 5.24. The fourth-order valence-corrected chi connectivity index (χ4v) is 3.88. The lowest BCUT2D eigenvalue weighted by Crippen LogP contribution is -2.29. The van der Waals surface area contributed by atoms with Crippen LogP contribution in [0, 0.1) is 6.92 Å². The zero-order valence-electron chi connectivity index (χ0n) is 13.9. The van der Waals surface area contributed by atoms with Crippen molar-refractivity contribution in [2.45, 2.75) is 19.8 Å². The Morgan fingerprint density at radius 2 is 2.15 bits per heavy atom. The van der Waals surface area contributed by atoms with Gasteiger partial charge in [0.05, 0.1) is 15.9 Å². The van der Waals surface area contributed by atoms with Gasteiger partial charge in [0.2, 0.25) is 0 Å². The van der Waals surface area contributed by atoms with E-state index >= 15 is 0 Å². The first kappa shape index (κ1) is 18.3. The number of aryl methyl sites for hydroxylation is 1. The summed E-state index contributed by atoms with van der Waals surface area (Å²) in [7, 11) is 0.